The Bertz CT molecular complexity index is 595. The van der Waals surface area contributed by atoms with E-state index in [2.05, 4.69) is 54.0 Å². The molecular weight excluding hydrogens is 348 g/mol. The third-order valence-corrected chi connectivity index (χ3v) is 5.14. The summed E-state index contributed by atoms with van der Waals surface area (Å²) in [6, 6.07) is 14.5. The molecule has 2 aromatic rings. The number of hydrogen-bond acceptors (Lipinski definition) is 1. The van der Waals surface area contributed by atoms with Crippen LogP contribution in [0.25, 0.3) is 0 Å². The Hall–Kier alpha value is -0.990. The van der Waals surface area contributed by atoms with Crippen molar-refractivity contribution in [2.24, 2.45) is 0 Å². The maximum atomic E-state index is 6.02. The third kappa shape index (κ3) is 3.81. The van der Waals surface area contributed by atoms with Gasteiger partial charge in [-0.05, 0) is 35.6 Å². The minimum Gasteiger partial charge on any atom is -0.496 e. The molecular formula is C18H20BrClO. The normalized spacial score (nSPS) is 13.8. The predicted molar refractivity (Wildman–Crippen MR) is 93.9 cm³/mol. The lowest BCUT2D eigenvalue weighted by Crippen LogP contribution is -1.98. The first-order valence-electron chi connectivity index (χ1n) is 7.14. The third-order valence-electron chi connectivity index (χ3n) is 3.88. The maximum absolute atomic E-state index is 6.02. The molecule has 0 aromatic heterocycles. The Labute approximate surface area is 140 Å². The van der Waals surface area contributed by atoms with Crippen LogP contribution in [-0.4, -0.2) is 7.11 Å². The zero-order valence-electron chi connectivity index (χ0n) is 12.6. The van der Waals surface area contributed by atoms with Gasteiger partial charge in [0.05, 0.1) is 11.9 Å². The molecule has 2 aromatic carbocycles. The van der Waals surface area contributed by atoms with Crippen LogP contribution in [-0.2, 0) is 0 Å². The van der Waals surface area contributed by atoms with Crippen LogP contribution in [0.3, 0.4) is 0 Å². The van der Waals surface area contributed by atoms with E-state index in [-0.39, 0.29) is 4.83 Å². The Morgan fingerprint density at radius 2 is 1.71 bits per heavy atom. The minimum atomic E-state index is 0.0932. The molecule has 0 fully saturated rings. The molecule has 21 heavy (non-hydrogen) atoms. The van der Waals surface area contributed by atoms with Crippen molar-refractivity contribution in [3.05, 3.63) is 64.2 Å². The van der Waals surface area contributed by atoms with Crippen LogP contribution in [0.4, 0.5) is 0 Å². The summed E-state index contributed by atoms with van der Waals surface area (Å²) in [4.78, 5) is 0.0932. The molecule has 2 atom stereocenters. The lowest BCUT2D eigenvalue weighted by Gasteiger charge is -2.16. The molecule has 0 aliphatic carbocycles. The molecule has 0 saturated heterocycles. The van der Waals surface area contributed by atoms with Crippen molar-refractivity contribution in [2.75, 3.05) is 7.11 Å². The number of hydrogen-bond donors (Lipinski definition) is 0. The van der Waals surface area contributed by atoms with Crippen LogP contribution in [0, 0.1) is 0 Å². The van der Waals surface area contributed by atoms with E-state index in [1.807, 2.05) is 18.2 Å². The van der Waals surface area contributed by atoms with Crippen LogP contribution in [0.15, 0.2) is 42.5 Å². The number of halogens is 2. The van der Waals surface area contributed by atoms with Crippen molar-refractivity contribution in [1.29, 1.82) is 0 Å². The molecule has 3 heteroatoms. The zero-order chi connectivity index (χ0) is 15.4. The van der Waals surface area contributed by atoms with E-state index in [0.717, 1.165) is 17.7 Å². The van der Waals surface area contributed by atoms with Gasteiger partial charge in [0.2, 0.25) is 0 Å². The fourth-order valence-electron chi connectivity index (χ4n) is 2.30. The summed E-state index contributed by atoms with van der Waals surface area (Å²) < 4.78 is 5.43. The second-order valence-corrected chi connectivity index (χ2v) is 6.58. The van der Waals surface area contributed by atoms with Crippen LogP contribution < -0.4 is 4.74 Å². The predicted octanol–water partition coefficient (Wildman–Crippen LogP) is 6.35. The Morgan fingerprint density at radius 1 is 1.10 bits per heavy atom. The SMILES string of the molecule is CCC(C)c1ccc(C(Br)c2ccc(Cl)cc2OC)cc1. The number of ether oxygens (including phenoxy) is 1. The van der Waals surface area contributed by atoms with Gasteiger partial charge in [0.15, 0.2) is 0 Å². The van der Waals surface area contributed by atoms with Gasteiger partial charge in [-0.15, -0.1) is 0 Å². The number of benzene rings is 2. The largest absolute Gasteiger partial charge is 0.496 e. The summed E-state index contributed by atoms with van der Waals surface area (Å²) in [7, 11) is 1.67. The van der Waals surface area contributed by atoms with Gasteiger partial charge in [-0.3, -0.25) is 0 Å². The summed E-state index contributed by atoms with van der Waals surface area (Å²) in [5, 5.41) is 0.683. The second kappa shape index (κ2) is 7.33. The topological polar surface area (TPSA) is 9.23 Å². The summed E-state index contributed by atoms with van der Waals surface area (Å²) in [6.07, 6.45) is 1.15. The van der Waals surface area contributed by atoms with E-state index in [9.17, 15) is 0 Å². The van der Waals surface area contributed by atoms with E-state index < -0.39 is 0 Å². The van der Waals surface area contributed by atoms with Crippen molar-refractivity contribution < 1.29 is 4.74 Å². The zero-order valence-corrected chi connectivity index (χ0v) is 14.9. The van der Waals surface area contributed by atoms with Gasteiger partial charge in [-0.25, -0.2) is 0 Å². The molecule has 0 aliphatic heterocycles. The molecule has 0 spiro atoms. The van der Waals surface area contributed by atoms with Crippen molar-refractivity contribution in [2.45, 2.75) is 31.0 Å². The van der Waals surface area contributed by atoms with Gasteiger partial charge in [-0.1, -0.05) is 71.7 Å². The first kappa shape index (κ1) is 16.4. The molecule has 112 valence electrons. The number of rotatable bonds is 5. The van der Waals surface area contributed by atoms with Gasteiger partial charge in [0.1, 0.15) is 5.75 Å². The van der Waals surface area contributed by atoms with Gasteiger partial charge < -0.3 is 4.74 Å². The van der Waals surface area contributed by atoms with Crippen molar-refractivity contribution >= 4 is 27.5 Å². The van der Waals surface area contributed by atoms with Gasteiger partial charge in [-0.2, -0.15) is 0 Å². The molecule has 0 aliphatic rings. The summed E-state index contributed by atoms with van der Waals surface area (Å²) >= 11 is 9.79. The first-order chi connectivity index (χ1) is 10.1. The minimum absolute atomic E-state index is 0.0932. The van der Waals surface area contributed by atoms with Gasteiger partial charge in [0.25, 0.3) is 0 Å². The number of methoxy groups -OCH3 is 1. The first-order valence-corrected chi connectivity index (χ1v) is 8.43. The highest BCUT2D eigenvalue weighted by Gasteiger charge is 2.16. The smallest absolute Gasteiger partial charge is 0.125 e. The van der Waals surface area contributed by atoms with Gasteiger partial charge >= 0.3 is 0 Å². The molecule has 0 N–H and O–H groups in total. The lowest BCUT2D eigenvalue weighted by atomic mass is 9.96. The maximum Gasteiger partial charge on any atom is 0.125 e. The average Bonchev–Trinajstić information content (AvgIpc) is 2.53. The van der Waals surface area contributed by atoms with Crippen LogP contribution in [0.5, 0.6) is 5.75 Å². The van der Waals surface area contributed by atoms with Crippen LogP contribution >= 0.6 is 27.5 Å². The van der Waals surface area contributed by atoms with Crippen LogP contribution in [0.1, 0.15) is 47.7 Å². The van der Waals surface area contributed by atoms with E-state index in [1.165, 1.54) is 11.1 Å². The van der Waals surface area contributed by atoms with Gasteiger partial charge in [0, 0.05) is 10.6 Å². The molecule has 0 amide bonds. The van der Waals surface area contributed by atoms with E-state index in [1.54, 1.807) is 7.11 Å². The Kier molecular flexibility index (Phi) is 5.72. The Balaban J connectivity index is 2.29. The van der Waals surface area contributed by atoms with E-state index >= 15 is 0 Å². The molecule has 2 rings (SSSR count). The Morgan fingerprint density at radius 3 is 2.29 bits per heavy atom. The summed E-state index contributed by atoms with van der Waals surface area (Å²) in [6.45, 7) is 4.47. The fraction of sp³-hybridized carbons (Fsp3) is 0.333. The average molecular weight is 368 g/mol. The van der Waals surface area contributed by atoms with Crippen molar-refractivity contribution in [3.8, 4) is 5.75 Å². The van der Waals surface area contributed by atoms with E-state index in [0.29, 0.717) is 10.9 Å². The monoisotopic (exact) mass is 366 g/mol. The molecule has 0 bridgehead atoms. The van der Waals surface area contributed by atoms with E-state index in [4.69, 9.17) is 16.3 Å². The molecule has 2 unspecified atom stereocenters. The fourth-order valence-corrected chi connectivity index (χ4v) is 3.15. The standard InChI is InChI=1S/C18H20BrClO/c1-4-12(2)13-5-7-14(8-6-13)18(19)16-10-9-15(20)11-17(16)21-3/h5-12,18H,4H2,1-3H3. The van der Waals surface area contributed by atoms with Crippen molar-refractivity contribution in [1.82, 2.24) is 0 Å². The number of alkyl halides is 1. The molecule has 0 radical (unpaired) electrons. The molecule has 1 nitrogen and oxygen atoms in total. The summed E-state index contributed by atoms with van der Waals surface area (Å²) in [5.41, 5.74) is 3.67. The lowest BCUT2D eigenvalue weighted by molar-refractivity contribution is 0.410. The molecule has 0 saturated carbocycles. The highest BCUT2D eigenvalue weighted by molar-refractivity contribution is 9.09. The second-order valence-electron chi connectivity index (χ2n) is 5.22. The highest BCUT2D eigenvalue weighted by Crippen LogP contribution is 2.38. The van der Waals surface area contributed by atoms with Crippen LogP contribution in [0.2, 0.25) is 5.02 Å². The van der Waals surface area contributed by atoms with Crippen molar-refractivity contribution in [3.63, 3.8) is 0 Å². The molecule has 0 heterocycles. The quantitative estimate of drug-likeness (QED) is 0.560. The summed E-state index contributed by atoms with van der Waals surface area (Å²) in [5.74, 6) is 1.40. The highest BCUT2D eigenvalue weighted by atomic mass is 79.9.